The lowest BCUT2D eigenvalue weighted by Crippen LogP contribution is -2.40. The van der Waals surface area contributed by atoms with Crippen LogP contribution in [0.3, 0.4) is 0 Å². The fourth-order valence-corrected chi connectivity index (χ4v) is 2.79. The second kappa shape index (κ2) is 7.32. The molecule has 0 aliphatic carbocycles. The molecule has 0 saturated carbocycles. The van der Waals surface area contributed by atoms with Gasteiger partial charge in [-0.2, -0.15) is 0 Å². The number of hydrogen-bond donors (Lipinski definition) is 2. The number of rotatable bonds is 4. The predicted octanol–water partition coefficient (Wildman–Crippen LogP) is 2.84. The maximum absolute atomic E-state index is 12.6. The van der Waals surface area contributed by atoms with Crippen LogP contribution in [-0.4, -0.2) is 36.0 Å². The summed E-state index contributed by atoms with van der Waals surface area (Å²) in [7, 11) is 0. The highest BCUT2D eigenvalue weighted by Crippen LogP contribution is 2.32. The molecule has 5 nitrogen and oxygen atoms in total. The van der Waals surface area contributed by atoms with Gasteiger partial charge in [-0.1, -0.05) is 18.2 Å². The Morgan fingerprint density at radius 2 is 2.17 bits per heavy atom. The monoisotopic (exact) mass is 320 g/mol. The summed E-state index contributed by atoms with van der Waals surface area (Å²) in [5, 5.41) is 12.6. The molecule has 0 saturated heterocycles. The summed E-state index contributed by atoms with van der Waals surface area (Å²) < 4.78 is 5.56. The number of aliphatic hydroxyl groups is 1. The van der Waals surface area contributed by atoms with Crippen molar-refractivity contribution in [3.63, 3.8) is 0 Å². The van der Waals surface area contributed by atoms with Gasteiger partial charge in [-0.25, -0.2) is 4.79 Å². The number of amides is 1. The number of carbonyl (C=O) groups excluding carboxylic acids is 1. The van der Waals surface area contributed by atoms with Crippen molar-refractivity contribution in [1.82, 2.24) is 5.32 Å². The molecule has 2 rings (SSSR count). The molecule has 128 valence electrons. The topological polar surface area (TPSA) is 61.8 Å². The fourth-order valence-electron chi connectivity index (χ4n) is 2.79. The first-order valence-corrected chi connectivity index (χ1v) is 8.28. The average molecular weight is 320 g/mol. The Morgan fingerprint density at radius 1 is 1.43 bits per heavy atom. The zero-order chi connectivity index (χ0) is 17.0. The quantitative estimate of drug-likeness (QED) is 0.895. The van der Waals surface area contributed by atoms with Gasteiger partial charge in [0, 0.05) is 19.6 Å². The van der Waals surface area contributed by atoms with Crippen LogP contribution >= 0.6 is 0 Å². The Kier molecular flexibility index (Phi) is 5.65. The first kappa shape index (κ1) is 17.8. The van der Waals surface area contributed by atoms with E-state index < -0.39 is 11.7 Å². The van der Waals surface area contributed by atoms with Crippen LogP contribution in [-0.2, 0) is 17.7 Å². The molecule has 1 aromatic rings. The van der Waals surface area contributed by atoms with Crippen LogP contribution in [0.1, 0.15) is 45.2 Å². The van der Waals surface area contributed by atoms with Gasteiger partial charge in [0.25, 0.3) is 0 Å². The molecule has 23 heavy (non-hydrogen) atoms. The van der Waals surface area contributed by atoms with E-state index in [2.05, 4.69) is 11.4 Å². The number of fused-ring (bicyclic) bond motifs is 1. The standard InChI is InChI=1S/C18H28N2O3/c1-13(21)11-19-12-15-8-5-7-14-9-6-10-20(16(14)15)17(22)23-18(2,3)4/h5,7-8,13,19,21H,6,9-12H2,1-4H3. The molecule has 5 heteroatoms. The number of benzene rings is 1. The van der Waals surface area contributed by atoms with Crippen LogP contribution < -0.4 is 10.2 Å². The van der Waals surface area contributed by atoms with E-state index in [0.29, 0.717) is 19.6 Å². The molecule has 1 aliphatic heterocycles. The SMILES string of the molecule is CC(O)CNCc1cccc2c1N(C(=O)OC(C)(C)C)CCC2. The number of para-hydroxylation sites is 1. The molecule has 0 fully saturated rings. The Morgan fingerprint density at radius 3 is 2.83 bits per heavy atom. The number of aliphatic hydroxyl groups excluding tert-OH is 1. The van der Waals surface area contributed by atoms with Gasteiger partial charge in [-0.05, 0) is 51.7 Å². The minimum atomic E-state index is -0.506. The summed E-state index contributed by atoms with van der Waals surface area (Å²) in [4.78, 5) is 14.3. The number of carbonyl (C=O) groups is 1. The molecule has 1 amide bonds. The van der Waals surface area contributed by atoms with Crippen LogP contribution in [0.15, 0.2) is 18.2 Å². The van der Waals surface area contributed by atoms with Gasteiger partial charge >= 0.3 is 6.09 Å². The molecule has 1 heterocycles. The predicted molar refractivity (Wildman–Crippen MR) is 91.7 cm³/mol. The highest BCUT2D eigenvalue weighted by molar-refractivity contribution is 5.90. The smallest absolute Gasteiger partial charge is 0.414 e. The van der Waals surface area contributed by atoms with E-state index in [4.69, 9.17) is 4.74 Å². The van der Waals surface area contributed by atoms with E-state index in [9.17, 15) is 9.90 Å². The maximum atomic E-state index is 12.6. The van der Waals surface area contributed by atoms with Crippen molar-refractivity contribution in [3.05, 3.63) is 29.3 Å². The van der Waals surface area contributed by atoms with E-state index in [-0.39, 0.29) is 6.09 Å². The summed E-state index contributed by atoms with van der Waals surface area (Å²) in [6, 6.07) is 6.12. The van der Waals surface area contributed by atoms with Gasteiger partial charge < -0.3 is 15.2 Å². The third-order valence-corrected chi connectivity index (χ3v) is 3.67. The van der Waals surface area contributed by atoms with Gasteiger partial charge in [0.1, 0.15) is 5.60 Å². The molecule has 0 aromatic heterocycles. The number of nitrogens with one attached hydrogen (secondary N) is 1. The third kappa shape index (κ3) is 4.94. The number of nitrogens with zero attached hydrogens (tertiary/aromatic N) is 1. The summed E-state index contributed by atoms with van der Waals surface area (Å²) in [6.07, 6.45) is 1.23. The molecule has 0 spiro atoms. The summed E-state index contributed by atoms with van der Waals surface area (Å²) in [5.41, 5.74) is 2.70. The van der Waals surface area contributed by atoms with Crippen molar-refractivity contribution >= 4 is 11.8 Å². The number of aryl methyl sites for hydroxylation is 1. The molecule has 1 unspecified atom stereocenters. The average Bonchev–Trinajstić information content (AvgIpc) is 2.44. The van der Waals surface area contributed by atoms with Crippen molar-refractivity contribution < 1.29 is 14.6 Å². The number of ether oxygens (including phenoxy) is 1. The van der Waals surface area contributed by atoms with E-state index in [1.807, 2.05) is 32.9 Å². The van der Waals surface area contributed by atoms with Crippen molar-refractivity contribution in [2.75, 3.05) is 18.0 Å². The van der Waals surface area contributed by atoms with E-state index in [0.717, 1.165) is 24.1 Å². The van der Waals surface area contributed by atoms with Crippen molar-refractivity contribution in [2.45, 2.75) is 58.8 Å². The van der Waals surface area contributed by atoms with Gasteiger partial charge in [0.05, 0.1) is 11.8 Å². The third-order valence-electron chi connectivity index (χ3n) is 3.67. The van der Waals surface area contributed by atoms with Crippen LogP contribution in [0.5, 0.6) is 0 Å². The Labute approximate surface area is 138 Å². The zero-order valence-corrected chi connectivity index (χ0v) is 14.6. The van der Waals surface area contributed by atoms with Crippen molar-refractivity contribution in [1.29, 1.82) is 0 Å². The van der Waals surface area contributed by atoms with Gasteiger partial charge in [0.2, 0.25) is 0 Å². The van der Waals surface area contributed by atoms with Crippen LogP contribution in [0.4, 0.5) is 10.5 Å². The number of anilines is 1. The Balaban J connectivity index is 2.22. The minimum absolute atomic E-state index is 0.290. The normalized spacial score (nSPS) is 16.0. The zero-order valence-electron chi connectivity index (χ0n) is 14.6. The molecule has 1 aliphatic rings. The summed E-state index contributed by atoms with van der Waals surface area (Å²) >= 11 is 0. The van der Waals surface area contributed by atoms with E-state index in [1.165, 1.54) is 5.56 Å². The largest absolute Gasteiger partial charge is 0.443 e. The van der Waals surface area contributed by atoms with Gasteiger partial charge in [-0.3, -0.25) is 4.90 Å². The first-order valence-electron chi connectivity index (χ1n) is 8.28. The Hall–Kier alpha value is -1.59. The maximum Gasteiger partial charge on any atom is 0.414 e. The molecule has 2 N–H and O–H groups in total. The minimum Gasteiger partial charge on any atom is -0.443 e. The van der Waals surface area contributed by atoms with Crippen LogP contribution in [0.25, 0.3) is 0 Å². The summed E-state index contributed by atoms with van der Waals surface area (Å²) in [6.45, 7) is 9.21. The first-order chi connectivity index (χ1) is 10.8. The Bertz CT molecular complexity index is 550. The van der Waals surface area contributed by atoms with Crippen LogP contribution in [0.2, 0.25) is 0 Å². The van der Waals surface area contributed by atoms with Gasteiger partial charge in [-0.15, -0.1) is 0 Å². The summed E-state index contributed by atoms with van der Waals surface area (Å²) in [5.74, 6) is 0. The molecule has 0 bridgehead atoms. The lowest BCUT2D eigenvalue weighted by Gasteiger charge is -2.33. The number of hydrogen-bond acceptors (Lipinski definition) is 4. The molecular formula is C18H28N2O3. The lowest BCUT2D eigenvalue weighted by molar-refractivity contribution is 0.0577. The molecular weight excluding hydrogens is 292 g/mol. The van der Waals surface area contributed by atoms with Gasteiger partial charge in [0.15, 0.2) is 0 Å². The van der Waals surface area contributed by atoms with Crippen molar-refractivity contribution in [2.24, 2.45) is 0 Å². The lowest BCUT2D eigenvalue weighted by atomic mass is 9.98. The molecule has 1 atom stereocenters. The second-order valence-corrected chi connectivity index (χ2v) is 7.14. The highest BCUT2D eigenvalue weighted by atomic mass is 16.6. The fraction of sp³-hybridized carbons (Fsp3) is 0.611. The van der Waals surface area contributed by atoms with Crippen molar-refractivity contribution in [3.8, 4) is 0 Å². The highest BCUT2D eigenvalue weighted by Gasteiger charge is 2.28. The second-order valence-electron chi connectivity index (χ2n) is 7.14. The van der Waals surface area contributed by atoms with E-state index >= 15 is 0 Å². The molecule has 0 radical (unpaired) electrons. The molecule has 1 aromatic carbocycles. The van der Waals surface area contributed by atoms with Crippen LogP contribution in [0, 0.1) is 0 Å². The van der Waals surface area contributed by atoms with E-state index in [1.54, 1.807) is 11.8 Å².